The summed E-state index contributed by atoms with van der Waals surface area (Å²) in [7, 11) is 0. The number of hydrogen-bond acceptors (Lipinski definition) is 5. The van der Waals surface area contributed by atoms with Crippen molar-refractivity contribution >= 4 is 29.0 Å². The maximum Gasteiger partial charge on any atom is 0.237 e. The van der Waals surface area contributed by atoms with Gasteiger partial charge in [0, 0.05) is 11.4 Å². The Morgan fingerprint density at radius 2 is 1.86 bits per heavy atom. The molecule has 1 heterocycles. The molecule has 0 bridgehead atoms. The molecule has 0 saturated heterocycles. The summed E-state index contributed by atoms with van der Waals surface area (Å²) in [5.74, 6) is -0.124. The SMILES string of the molecule is Cc1cc(C)nc(SC(C)C(=O)Nc2ccccc2N)n1. The fourth-order valence-electron chi connectivity index (χ4n) is 1.80. The molecular weight excluding hydrogens is 284 g/mol. The van der Waals surface area contributed by atoms with Crippen LogP contribution in [0.1, 0.15) is 18.3 Å². The lowest BCUT2D eigenvalue weighted by molar-refractivity contribution is -0.115. The third-order valence-electron chi connectivity index (χ3n) is 2.83. The Labute approximate surface area is 128 Å². The Kier molecular flexibility index (Phi) is 4.80. The van der Waals surface area contributed by atoms with E-state index in [4.69, 9.17) is 5.73 Å². The van der Waals surface area contributed by atoms with Gasteiger partial charge in [-0.1, -0.05) is 23.9 Å². The zero-order valence-corrected chi connectivity index (χ0v) is 13.1. The lowest BCUT2D eigenvalue weighted by atomic mass is 10.2. The molecule has 0 aliphatic carbocycles. The first-order valence-corrected chi connectivity index (χ1v) is 7.48. The van der Waals surface area contributed by atoms with Crippen LogP contribution in [0.4, 0.5) is 11.4 Å². The smallest absolute Gasteiger partial charge is 0.237 e. The number of carbonyl (C=O) groups excluding carboxylic acids is 1. The van der Waals surface area contributed by atoms with Crippen LogP contribution in [0.2, 0.25) is 0 Å². The number of nitrogens with one attached hydrogen (secondary N) is 1. The fraction of sp³-hybridized carbons (Fsp3) is 0.267. The van der Waals surface area contributed by atoms with Gasteiger partial charge in [0.05, 0.1) is 16.6 Å². The molecule has 1 aromatic carbocycles. The number of amides is 1. The number of aromatic nitrogens is 2. The Hall–Kier alpha value is -2.08. The van der Waals surface area contributed by atoms with Crippen molar-refractivity contribution in [3.8, 4) is 0 Å². The van der Waals surface area contributed by atoms with E-state index in [1.54, 1.807) is 12.1 Å². The number of hydrogen-bond donors (Lipinski definition) is 2. The van der Waals surface area contributed by atoms with Gasteiger partial charge in [0.1, 0.15) is 0 Å². The lowest BCUT2D eigenvalue weighted by Gasteiger charge is -2.13. The predicted molar refractivity (Wildman–Crippen MR) is 86.3 cm³/mol. The van der Waals surface area contributed by atoms with E-state index < -0.39 is 0 Å². The first-order valence-electron chi connectivity index (χ1n) is 6.60. The molecule has 5 nitrogen and oxygen atoms in total. The molecule has 3 N–H and O–H groups in total. The van der Waals surface area contributed by atoms with Crippen LogP contribution in [0, 0.1) is 13.8 Å². The first-order chi connectivity index (χ1) is 9.95. The number of anilines is 2. The van der Waals surface area contributed by atoms with Crippen molar-refractivity contribution in [3.63, 3.8) is 0 Å². The van der Waals surface area contributed by atoms with E-state index in [1.807, 2.05) is 39.0 Å². The molecule has 6 heteroatoms. The summed E-state index contributed by atoms with van der Waals surface area (Å²) in [5, 5.41) is 3.11. The van der Waals surface area contributed by atoms with E-state index in [-0.39, 0.29) is 11.2 Å². The Bertz CT molecular complexity index is 640. The minimum absolute atomic E-state index is 0.124. The number of rotatable bonds is 4. The summed E-state index contributed by atoms with van der Waals surface area (Å²) in [6.07, 6.45) is 0. The topological polar surface area (TPSA) is 80.9 Å². The second kappa shape index (κ2) is 6.58. The van der Waals surface area contributed by atoms with Crippen molar-refractivity contribution < 1.29 is 4.79 Å². The molecule has 0 radical (unpaired) electrons. The van der Waals surface area contributed by atoms with Crippen LogP contribution < -0.4 is 11.1 Å². The highest BCUT2D eigenvalue weighted by Crippen LogP contribution is 2.23. The van der Waals surface area contributed by atoms with E-state index in [0.717, 1.165) is 11.4 Å². The van der Waals surface area contributed by atoms with Crippen molar-refractivity contribution in [1.82, 2.24) is 9.97 Å². The van der Waals surface area contributed by atoms with Gasteiger partial charge in [-0.3, -0.25) is 4.79 Å². The van der Waals surface area contributed by atoms with Gasteiger partial charge in [-0.05, 0) is 39.0 Å². The number of nitrogens with two attached hydrogens (primary N) is 1. The third-order valence-corrected chi connectivity index (χ3v) is 3.79. The lowest BCUT2D eigenvalue weighted by Crippen LogP contribution is -2.23. The summed E-state index contributed by atoms with van der Waals surface area (Å²) in [4.78, 5) is 20.9. The first kappa shape index (κ1) is 15.3. The molecule has 2 rings (SSSR count). The molecule has 1 unspecified atom stereocenters. The molecule has 0 aliphatic heterocycles. The fourth-order valence-corrected chi connectivity index (χ4v) is 2.68. The van der Waals surface area contributed by atoms with Crippen molar-refractivity contribution in [1.29, 1.82) is 0 Å². The van der Waals surface area contributed by atoms with Crippen molar-refractivity contribution in [3.05, 3.63) is 41.7 Å². The van der Waals surface area contributed by atoms with Crippen molar-refractivity contribution in [2.24, 2.45) is 0 Å². The maximum absolute atomic E-state index is 12.2. The minimum atomic E-state index is -0.314. The van der Waals surface area contributed by atoms with Gasteiger partial charge in [-0.2, -0.15) is 0 Å². The second-order valence-corrected chi connectivity index (χ2v) is 6.08. The average molecular weight is 302 g/mol. The third kappa shape index (κ3) is 4.19. The number of benzene rings is 1. The molecule has 2 aromatic rings. The average Bonchev–Trinajstić information content (AvgIpc) is 2.40. The normalized spacial score (nSPS) is 12.0. The van der Waals surface area contributed by atoms with E-state index in [9.17, 15) is 4.79 Å². The van der Waals surface area contributed by atoms with Gasteiger partial charge < -0.3 is 11.1 Å². The zero-order chi connectivity index (χ0) is 15.4. The van der Waals surface area contributed by atoms with Crippen LogP contribution in [0.3, 0.4) is 0 Å². The van der Waals surface area contributed by atoms with Crippen molar-refractivity contribution in [2.45, 2.75) is 31.2 Å². The molecule has 0 saturated carbocycles. The number of nitrogens with zero attached hydrogens (tertiary/aromatic N) is 2. The maximum atomic E-state index is 12.2. The zero-order valence-electron chi connectivity index (χ0n) is 12.3. The minimum Gasteiger partial charge on any atom is -0.397 e. The van der Waals surface area contributed by atoms with Gasteiger partial charge in [-0.25, -0.2) is 9.97 Å². The largest absolute Gasteiger partial charge is 0.397 e. The molecular formula is C15H18N4OS. The van der Waals surface area contributed by atoms with Crippen LogP contribution in [-0.4, -0.2) is 21.1 Å². The summed E-state index contributed by atoms with van der Waals surface area (Å²) >= 11 is 1.33. The van der Waals surface area contributed by atoms with Gasteiger partial charge >= 0.3 is 0 Å². The van der Waals surface area contributed by atoms with Crippen molar-refractivity contribution in [2.75, 3.05) is 11.1 Å². The highest BCUT2D eigenvalue weighted by Gasteiger charge is 2.17. The standard InChI is InChI=1S/C15H18N4OS/c1-9-8-10(2)18-15(17-9)21-11(3)14(20)19-13-7-5-4-6-12(13)16/h4-8,11H,16H2,1-3H3,(H,19,20). The highest BCUT2D eigenvalue weighted by molar-refractivity contribution is 8.00. The number of nitrogen functional groups attached to an aromatic ring is 1. The van der Waals surface area contributed by atoms with Gasteiger partial charge in [0.2, 0.25) is 5.91 Å². The van der Waals surface area contributed by atoms with Gasteiger partial charge in [0.25, 0.3) is 0 Å². The van der Waals surface area contributed by atoms with Crippen LogP contribution in [-0.2, 0) is 4.79 Å². The molecule has 1 amide bonds. The van der Waals surface area contributed by atoms with Crippen LogP contribution >= 0.6 is 11.8 Å². The number of aryl methyl sites for hydroxylation is 2. The van der Waals surface area contributed by atoms with E-state index in [2.05, 4.69) is 15.3 Å². The summed E-state index contributed by atoms with van der Waals surface area (Å²) in [6.45, 7) is 5.64. The predicted octanol–water partition coefficient (Wildman–Crippen LogP) is 2.79. The quantitative estimate of drug-likeness (QED) is 0.515. The van der Waals surface area contributed by atoms with E-state index in [1.165, 1.54) is 11.8 Å². The molecule has 1 aromatic heterocycles. The number of thioether (sulfide) groups is 1. The molecule has 110 valence electrons. The van der Waals surface area contributed by atoms with Crippen LogP contribution in [0.15, 0.2) is 35.5 Å². The molecule has 0 fully saturated rings. The van der Waals surface area contributed by atoms with E-state index >= 15 is 0 Å². The van der Waals surface area contributed by atoms with Crippen LogP contribution in [0.25, 0.3) is 0 Å². The van der Waals surface area contributed by atoms with Gasteiger partial charge in [-0.15, -0.1) is 0 Å². The number of carbonyl (C=O) groups is 1. The monoisotopic (exact) mass is 302 g/mol. The van der Waals surface area contributed by atoms with Crippen LogP contribution in [0.5, 0.6) is 0 Å². The Morgan fingerprint density at radius 1 is 1.24 bits per heavy atom. The second-order valence-electron chi connectivity index (χ2n) is 4.77. The summed E-state index contributed by atoms with van der Waals surface area (Å²) < 4.78 is 0. The highest BCUT2D eigenvalue weighted by atomic mass is 32.2. The van der Waals surface area contributed by atoms with Gasteiger partial charge in [0.15, 0.2) is 5.16 Å². The summed E-state index contributed by atoms with van der Waals surface area (Å²) in [6, 6.07) is 9.08. The molecule has 21 heavy (non-hydrogen) atoms. The molecule has 1 atom stereocenters. The van der Waals surface area contributed by atoms with E-state index in [0.29, 0.717) is 16.5 Å². The molecule has 0 aliphatic rings. The number of para-hydroxylation sites is 2. The Morgan fingerprint density at radius 3 is 2.48 bits per heavy atom. The summed E-state index contributed by atoms with van der Waals surface area (Å²) in [5.41, 5.74) is 8.77. The Balaban J connectivity index is 2.04. The molecule has 0 spiro atoms.